The summed E-state index contributed by atoms with van der Waals surface area (Å²) in [5, 5.41) is 10.6. The average molecular weight is 310 g/mol. The predicted octanol–water partition coefficient (Wildman–Crippen LogP) is 2.51. The Morgan fingerprint density at radius 3 is 2.35 bits per heavy atom. The summed E-state index contributed by atoms with van der Waals surface area (Å²) in [7, 11) is 3.27. The SMILES string of the molecule is Cc1nn(C)cc1NCc1cc(C(F)(F)F)nn1C.Cl. The Kier molecular flexibility index (Phi) is 4.69. The summed E-state index contributed by atoms with van der Waals surface area (Å²) in [6.45, 7) is 2.08. The van der Waals surface area contributed by atoms with Crippen LogP contribution >= 0.6 is 12.4 Å². The van der Waals surface area contributed by atoms with Gasteiger partial charge in [0.2, 0.25) is 0 Å². The molecule has 9 heteroatoms. The maximum absolute atomic E-state index is 12.5. The van der Waals surface area contributed by atoms with Crippen molar-refractivity contribution in [2.24, 2.45) is 14.1 Å². The van der Waals surface area contributed by atoms with Crippen molar-refractivity contribution in [2.45, 2.75) is 19.6 Å². The number of nitrogens with one attached hydrogen (secondary N) is 1. The van der Waals surface area contributed by atoms with Crippen molar-refractivity contribution in [3.05, 3.63) is 29.3 Å². The summed E-state index contributed by atoms with van der Waals surface area (Å²) in [4.78, 5) is 0. The summed E-state index contributed by atoms with van der Waals surface area (Å²) in [5.41, 5.74) is 1.16. The third-order valence-corrected chi connectivity index (χ3v) is 2.74. The van der Waals surface area contributed by atoms with E-state index in [2.05, 4.69) is 15.5 Å². The van der Waals surface area contributed by atoms with Gasteiger partial charge in [0.05, 0.1) is 23.6 Å². The normalized spacial score (nSPS) is 11.3. The highest BCUT2D eigenvalue weighted by Gasteiger charge is 2.34. The molecule has 0 aliphatic rings. The quantitative estimate of drug-likeness (QED) is 0.947. The van der Waals surface area contributed by atoms with Crippen LogP contribution in [0.3, 0.4) is 0 Å². The fourth-order valence-corrected chi connectivity index (χ4v) is 1.77. The summed E-state index contributed by atoms with van der Waals surface area (Å²) < 4.78 is 40.4. The fourth-order valence-electron chi connectivity index (χ4n) is 1.77. The zero-order valence-corrected chi connectivity index (χ0v) is 12.0. The maximum atomic E-state index is 12.5. The molecule has 0 saturated heterocycles. The number of aromatic nitrogens is 4. The van der Waals surface area contributed by atoms with Crippen molar-refractivity contribution in [1.82, 2.24) is 19.6 Å². The van der Waals surface area contributed by atoms with Crippen molar-refractivity contribution in [1.29, 1.82) is 0 Å². The van der Waals surface area contributed by atoms with E-state index in [1.165, 1.54) is 11.7 Å². The largest absolute Gasteiger partial charge is 0.435 e. The minimum absolute atomic E-state index is 0. The first-order valence-corrected chi connectivity index (χ1v) is 5.61. The molecule has 1 N–H and O–H groups in total. The van der Waals surface area contributed by atoms with E-state index < -0.39 is 11.9 Å². The lowest BCUT2D eigenvalue weighted by Gasteiger charge is -2.04. The van der Waals surface area contributed by atoms with E-state index in [0.29, 0.717) is 5.69 Å². The fraction of sp³-hybridized carbons (Fsp3) is 0.455. The first-order chi connectivity index (χ1) is 8.77. The molecule has 0 spiro atoms. The molecule has 20 heavy (non-hydrogen) atoms. The van der Waals surface area contributed by atoms with Gasteiger partial charge >= 0.3 is 6.18 Å². The number of alkyl halides is 3. The number of rotatable bonds is 3. The highest BCUT2D eigenvalue weighted by molar-refractivity contribution is 5.85. The van der Waals surface area contributed by atoms with Crippen LogP contribution in [0.15, 0.2) is 12.3 Å². The Hall–Kier alpha value is -1.70. The molecular weight excluding hydrogens is 295 g/mol. The second-order valence-corrected chi connectivity index (χ2v) is 4.30. The van der Waals surface area contributed by atoms with Crippen LogP contribution in [-0.2, 0) is 26.8 Å². The van der Waals surface area contributed by atoms with Gasteiger partial charge in [0.1, 0.15) is 0 Å². The van der Waals surface area contributed by atoms with E-state index in [-0.39, 0.29) is 19.0 Å². The van der Waals surface area contributed by atoms with Crippen molar-refractivity contribution in [3.63, 3.8) is 0 Å². The summed E-state index contributed by atoms with van der Waals surface area (Å²) in [5.74, 6) is 0. The topological polar surface area (TPSA) is 47.7 Å². The monoisotopic (exact) mass is 309 g/mol. The Balaban J connectivity index is 0.00000200. The molecule has 0 aromatic carbocycles. The second-order valence-electron chi connectivity index (χ2n) is 4.30. The van der Waals surface area contributed by atoms with Gasteiger partial charge in [-0.2, -0.15) is 23.4 Å². The number of hydrogen-bond donors (Lipinski definition) is 1. The minimum atomic E-state index is -4.42. The lowest BCUT2D eigenvalue weighted by Crippen LogP contribution is -2.07. The van der Waals surface area contributed by atoms with E-state index in [4.69, 9.17) is 0 Å². The van der Waals surface area contributed by atoms with Crippen LogP contribution in [0.4, 0.5) is 18.9 Å². The van der Waals surface area contributed by atoms with Crippen molar-refractivity contribution < 1.29 is 13.2 Å². The molecule has 0 atom stereocenters. The third-order valence-electron chi connectivity index (χ3n) is 2.74. The maximum Gasteiger partial charge on any atom is 0.435 e. The van der Waals surface area contributed by atoms with Gasteiger partial charge in [-0.25, -0.2) is 0 Å². The molecule has 2 heterocycles. The second kappa shape index (κ2) is 5.74. The molecule has 0 radical (unpaired) electrons. The summed E-state index contributed by atoms with van der Waals surface area (Å²) in [6.07, 6.45) is -2.64. The van der Waals surface area contributed by atoms with Gasteiger partial charge in [-0.3, -0.25) is 9.36 Å². The van der Waals surface area contributed by atoms with Crippen LogP contribution in [0.1, 0.15) is 17.1 Å². The lowest BCUT2D eigenvalue weighted by molar-refractivity contribution is -0.141. The van der Waals surface area contributed by atoms with Gasteiger partial charge in [0.25, 0.3) is 0 Å². The Labute approximate surface area is 120 Å². The van der Waals surface area contributed by atoms with Crippen LogP contribution in [0.2, 0.25) is 0 Å². The van der Waals surface area contributed by atoms with Crippen LogP contribution in [-0.4, -0.2) is 19.6 Å². The van der Waals surface area contributed by atoms with Crippen LogP contribution in [0.25, 0.3) is 0 Å². The standard InChI is InChI=1S/C11H14F3N5.ClH/c1-7-9(6-18(2)16-7)15-5-8-4-10(11(12,13)14)17-19(8)3;/h4,6,15H,5H2,1-3H3;1H. The minimum Gasteiger partial charge on any atom is -0.377 e. The summed E-state index contributed by atoms with van der Waals surface area (Å²) >= 11 is 0. The molecule has 0 fully saturated rings. The van der Waals surface area contributed by atoms with Gasteiger partial charge in [0.15, 0.2) is 5.69 Å². The Bertz CT molecular complexity index is 587. The van der Waals surface area contributed by atoms with Crippen molar-refractivity contribution in [3.8, 4) is 0 Å². The highest BCUT2D eigenvalue weighted by Crippen LogP contribution is 2.28. The van der Waals surface area contributed by atoms with E-state index in [0.717, 1.165) is 17.4 Å². The molecule has 0 unspecified atom stereocenters. The average Bonchev–Trinajstić information content (AvgIpc) is 2.79. The molecule has 0 bridgehead atoms. The van der Waals surface area contributed by atoms with Crippen molar-refractivity contribution >= 4 is 18.1 Å². The number of hydrogen-bond acceptors (Lipinski definition) is 3. The molecular formula is C11H15ClF3N5. The van der Waals surface area contributed by atoms with Crippen LogP contribution in [0, 0.1) is 6.92 Å². The number of halogens is 4. The van der Waals surface area contributed by atoms with Gasteiger partial charge in [-0.15, -0.1) is 12.4 Å². The Morgan fingerprint density at radius 1 is 1.25 bits per heavy atom. The molecule has 2 aromatic rings. The van der Waals surface area contributed by atoms with E-state index in [1.807, 2.05) is 6.92 Å². The van der Waals surface area contributed by atoms with Gasteiger partial charge < -0.3 is 5.32 Å². The number of aryl methyl sites for hydroxylation is 3. The van der Waals surface area contributed by atoms with Crippen LogP contribution < -0.4 is 5.32 Å². The molecule has 0 aliphatic carbocycles. The smallest absolute Gasteiger partial charge is 0.377 e. The van der Waals surface area contributed by atoms with Gasteiger partial charge in [0, 0.05) is 20.3 Å². The zero-order chi connectivity index (χ0) is 14.2. The zero-order valence-electron chi connectivity index (χ0n) is 11.2. The van der Waals surface area contributed by atoms with E-state index in [9.17, 15) is 13.2 Å². The number of anilines is 1. The summed E-state index contributed by atoms with van der Waals surface area (Å²) in [6, 6.07) is 1.04. The molecule has 2 aromatic heterocycles. The van der Waals surface area contributed by atoms with Gasteiger partial charge in [-0.1, -0.05) is 0 Å². The van der Waals surface area contributed by atoms with Gasteiger partial charge in [-0.05, 0) is 13.0 Å². The molecule has 2 rings (SSSR count). The molecule has 0 aliphatic heterocycles. The van der Waals surface area contributed by atoms with E-state index in [1.54, 1.807) is 17.9 Å². The van der Waals surface area contributed by atoms with Crippen molar-refractivity contribution in [2.75, 3.05) is 5.32 Å². The van der Waals surface area contributed by atoms with E-state index >= 15 is 0 Å². The predicted molar refractivity (Wildman–Crippen MR) is 70.7 cm³/mol. The third kappa shape index (κ3) is 3.44. The molecule has 5 nitrogen and oxygen atoms in total. The first-order valence-electron chi connectivity index (χ1n) is 5.61. The highest BCUT2D eigenvalue weighted by atomic mass is 35.5. The molecule has 0 amide bonds. The number of nitrogens with zero attached hydrogens (tertiary/aromatic N) is 4. The van der Waals surface area contributed by atoms with Crippen LogP contribution in [0.5, 0.6) is 0 Å². The molecule has 0 saturated carbocycles. The lowest BCUT2D eigenvalue weighted by atomic mass is 10.3. The first kappa shape index (κ1) is 16.4. The Morgan fingerprint density at radius 2 is 1.90 bits per heavy atom. The molecule has 112 valence electrons.